The number of anilines is 2. The van der Waals surface area contributed by atoms with Crippen molar-refractivity contribution in [2.24, 2.45) is 0 Å². The van der Waals surface area contributed by atoms with Crippen molar-refractivity contribution in [2.45, 2.75) is 0 Å². The largest absolute Gasteiger partial charge is 0.465 e. The van der Waals surface area contributed by atoms with E-state index in [-0.39, 0.29) is 5.91 Å². The summed E-state index contributed by atoms with van der Waals surface area (Å²) in [7, 11) is 1.35. The SMILES string of the molecule is COC(=O)c1cc(NC(=O)c2ccc(-c3ccccc3)cc2)ccc1N1CCOCC1. The molecule has 3 aromatic rings. The fraction of sp³-hybridized carbons (Fsp3) is 0.200. The summed E-state index contributed by atoms with van der Waals surface area (Å²) in [5.74, 6) is -0.681. The normalized spacial score (nSPS) is 13.5. The lowest BCUT2D eigenvalue weighted by atomic mass is 10.0. The van der Waals surface area contributed by atoms with Gasteiger partial charge in [-0.05, 0) is 41.5 Å². The minimum atomic E-state index is -0.440. The van der Waals surface area contributed by atoms with Gasteiger partial charge in [0.15, 0.2) is 0 Å². The van der Waals surface area contributed by atoms with Crippen LogP contribution in [0.3, 0.4) is 0 Å². The Bertz CT molecular complexity index is 1060. The first-order valence-electron chi connectivity index (χ1n) is 10.2. The molecule has 1 saturated heterocycles. The zero-order chi connectivity index (χ0) is 21.6. The lowest BCUT2D eigenvalue weighted by Crippen LogP contribution is -2.37. The van der Waals surface area contributed by atoms with Gasteiger partial charge in [0.1, 0.15) is 0 Å². The molecular formula is C25H24N2O4. The van der Waals surface area contributed by atoms with E-state index < -0.39 is 5.97 Å². The molecule has 0 aromatic heterocycles. The Kier molecular flexibility index (Phi) is 6.29. The van der Waals surface area contributed by atoms with Gasteiger partial charge in [-0.25, -0.2) is 4.79 Å². The number of nitrogens with zero attached hydrogens (tertiary/aromatic N) is 1. The molecule has 6 heteroatoms. The number of hydrogen-bond donors (Lipinski definition) is 1. The number of amides is 1. The molecule has 0 radical (unpaired) electrons. The van der Waals surface area contributed by atoms with Crippen LogP contribution in [0.4, 0.5) is 11.4 Å². The fourth-order valence-corrected chi connectivity index (χ4v) is 3.62. The number of methoxy groups -OCH3 is 1. The monoisotopic (exact) mass is 416 g/mol. The molecule has 3 aromatic carbocycles. The number of nitrogens with one attached hydrogen (secondary N) is 1. The number of hydrogen-bond acceptors (Lipinski definition) is 5. The van der Waals surface area contributed by atoms with E-state index in [4.69, 9.17) is 9.47 Å². The third kappa shape index (κ3) is 4.75. The Morgan fingerprint density at radius 3 is 2.26 bits per heavy atom. The summed E-state index contributed by atoms with van der Waals surface area (Å²) in [6.45, 7) is 2.61. The Hall–Kier alpha value is -3.64. The zero-order valence-electron chi connectivity index (χ0n) is 17.3. The second-order valence-corrected chi connectivity index (χ2v) is 7.22. The van der Waals surface area contributed by atoms with Crippen LogP contribution in [0.25, 0.3) is 11.1 Å². The lowest BCUT2D eigenvalue weighted by Gasteiger charge is -2.30. The summed E-state index contributed by atoms with van der Waals surface area (Å²) in [5, 5.41) is 2.88. The van der Waals surface area contributed by atoms with E-state index in [1.54, 1.807) is 24.3 Å². The number of benzene rings is 3. The van der Waals surface area contributed by atoms with E-state index in [2.05, 4.69) is 10.2 Å². The molecule has 6 nitrogen and oxygen atoms in total. The van der Waals surface area contributed by atoms with E-state index in [0.29, 0.717) is 43.1 Å². The van der Waals surface area contributed by atoms with E-state index >= 15 is 0 Å². The average molecular weight is 416 g/mol. The second kappa shape index (κ2) is 9.45. The van der Waals surface area contributed by atoms with Gasteiger partial charge in [-0.2, -0.15) is 0 Å². The molecule has 0 unspecified atom stereocenters. The quantitative estimate of drug-likeness (QED) is 0.631. The maximum absolute atomic E-state index is 12.7. The van der Waals surface area contributed by atoms with Crippen molar-refractivity contribution >= 4 is 23.3 Å². The molecule has 1 heterocycles. The summed E-state index contributed by atoms with van der Waals surface area (Å²) in [4.78, 5) is 27.2. The van der Waals surface area contributed by atoms with Crippen LogP contribution >= 0.6 is 0 Å². The highest BCUT2D eigenvalue weighted by molar-refractivity contribution is 6.06. The third-order valence-electron chi connectivity index (χ3n) is 5.27. The van der Waals surface area contributed by atoms with Crippen molar-refractivity contribution < 1.29 is 19.1 Å². The molecular weight excluding hydrogens is 392 g/mol. The molecule has 1 amide bonds. The van der Waals surface area contributed by atoms with Crippen molar-refractivity contribution in [3.05, 3.63) is 83.9 Å². The number of carbonyl (C=O) groups excluding carboxylic acids is 2. The van der Waals surface area contributed by atoms with Crippen LogP contribution in [-0.4, -0.2) is 45.3 Å². The number of ether oxygens (including phenoxy) is 2. The summed E-state index contributed by atoms with van der Waals surface area (Å²) in [6, 6.07) is 22.7. The first kappa shape index (κ1) is 20.6. The number of morpholine rings is 1. The van der Waals surface area contributed by atoms with Crippen molar-refractivity contribution in [3.8, 4) is 11.1 Å². The maximum atomic E-state index is 12.7. The standard InChI is InChI=1S/C25H24N2O4/c1-30-25(29)22-17-21(11-12-23(22)27-13-15-31-16-14-27)26-24(28)20-9-7-19(8-10-20)18-5-3-2-4-6-18/h2-12,17H,13-16H2,1H3,(H,26,28). The van der Waals surface area contributed by atoms with E-state index in [1.165, 1.54) is 7.11 Å². The Morgan fingerprint density at radius 2 is 1.58 bits per heavy atom. The van der Waals surface area contributed by atoms with Crippen LogP contribution in [0.2, 0.25) is 0 Å². The first-order valence-corrected chi connectivity index (χ1v) is 10.2. The van der Waals surface area contributed by atoms with Crippen LogP contribution in [0.5, 0.6) is 0 Å². The van der Waals surface area contributed by atoms with Gasteiger partial charge in [0.25, 0.3) is 5.91 Å². The molecule has 1 aliphatic heterocycles. The van der Waals surface area contributed by atoms with Gasteiger partial charge >= 0.3 is 5.97 Å². The Labute approximate surface area is 181 Å². The van der Waals surface area contributed by atoms with Gasteiger partial charge in [-0.1, -0.05) is 42.5 Å². The van der Waals surface area contributed by atoms with Crippen molar-refractivity contribution in [1.29, 1.82) is 0 Å². The van der Waals surface area contributed by atoms with Gasteiger partial charge in [0.05, 0.1) is 31.6 Å². The van der Waals surface area contributed by atoms with Gasteiger partial charge in [0, 0.05) is 24.3 Å². The Balaban J connectivity index is 1.53. The molecule has 0 atom stereocenters. The van der Waals surface area contributed by atoms with E-state index in [9.17, 15) is 9.59 Å². The summed E-state index contributed by atoms with van der Waals surface area (Å²) in [5.41, 5.74) is 4.41. The molecule has 0 aliphatic carbocycles. The van der Waals surface area contributed by atoms with E-state index in [1.807, 2.05) is 48.5 Å². The number of esters is 1. The van der Waals surface area contributed by atoms with Crippen molar-refractivity contribution in [2.75, 3.05) is 43.6 Å². The summed E-state index contributed by atoms with van der Waals surface area (Å²) >= 11 is 0. The highest BCUT2D eigenvalue weighted by atomic mass is 16.5. The van der Waals surface area contributed by atoms with Crippen LogP contribution in [0.1, 0.15) is 20.7 Å². The minimum absolute atomic E-state index is 0.241. The molecule has 1 aliphatic rings. The smallest absolute Gasteiger partial charge is 0.340 e. The van der Waals surface area contributed by atoms with Crippen LogP contribution in [0, 0.1) is 0 Å². The molecule has 0 spiro atoms. The molecule has 0 saturated carbocycles. The van der Waals surface area contributed by atoms with Gasteiger partial charge in [0.2, 0.25) is 0 Å². The highest BCUT2D eigenvalue weighted by Gasteiger charge is 2.20. The predicted molar refractivity (Wildman–Crippen MR) is 121 cm³/mol. The zero-order valence-corrected chi connectivity index (χ0v) is 17.3. The molecule has 0 bridgehead atoms. The number of carbonyl (C=O) groups is 2. The Morgan fingerprint density at radius 1 is 0.903 bits per heavy atom. The summed E-state index contributed by atoms with van der Waals surface area (Å²) < 4.78 is 10.4. The highest BCUT2D eigenvalue weighted by Crippen LogP contribution is 2.27. The topological polar surface area (TPSA) is 67.9 Å². The fourth-order valence-electron chi connectivity index (χ4n) is 3.62. The predicted octanol–water partition coefficient (Wildman–Crippen LogP) is 4.23. The first-order chi connectivity index (χ1) is 15.2. The lowest BCUT2D eigenvalue weighted by molar-refractivity contribution is 0.0600. The van der Waals surface area contributed by atoms with Gasteiger partial charge < -0.3 is 19.7 Å². The van der Waals surface area contributed by atoms with Crippen molar-refractivity contribution in [3.63, 3.8) is 0 Å². The third-order valence-corrected chi connectivity index (χ3v) is 5.27. The van der Waals surface area contributed by atoms with Crippen LogP contribution < -0.4 is 10.2 Å². The molecule has 158 valence electrons. The van der Waals surface area contributed by atoms with E-state index in [0.717, 1.165) is 16.8 Å². The minimum Gasteiger partial charge on any atom is -0.465 e. The van der Waals surface area contributed by atoms with Crippen LogP contribution in [0.15, 0.2) is 72.8 Å². The van der Waals surface area contributed by atoms with Gasteiger partial charge in [-0.15, -0.1) is 0 Å². The molecule has 1 fully saturated rings. The number of rotatable bonds is 5. The van der Waals surface area contributed by atoms with Gasteiger partial charge in [-0.3, -0.25) is 4.79 Å². The summed E-state index contributed by atoms with van der Waals surface area (Å²) in [6.07, 6.45) is 0. The second-order valence-electron chi connectivity index (χ2n) is 7.22. The van der Waals surface area contributed by atoms with Crippen molar-refractivity contribution in [1.82, 2.24) is 0 Å². The maximum Gasteiger partial charge on any atom is 0.340 e. The van der Waals surface area contributed by atoms with Crippen LogP contribution in [-0.2, 0) is 9.47 Å². The average Bonchev–Trinajstić information content (AvgIpc) is 2.84. The molecule has 1 N–H and O–H groups in total. The molecule has 31 heavy (non-hydrogen) atoms. The molecule has 4 rings (SSSR count).